The van der Waals surface area contributed by atoms with Crippen LogP contribution in [0.25, 0.3) is 0 Å². The van der Waals surface area contributed by atoms with E-state index in [4.69, 9.17) is 16.2 Å². The Morgan fingerprint density at radius 3 is 2.12 bits per heavy atom. The number of carbonyl (C=O) groups excluding carboxylic acids is 3. The summed E-state index contributed by atoms with van der Waals surface area (Å²) < 4.78 is 4.92. The molecule has 0 fully saturated rings. The van der Waals surface area contributed by atoms with Gasteiger partial charge in [-0.3, -0.25) is 4.79 Å². The first-order valence-electron chi connectivity index (χ1n) is 4.94. The van der Waals surface area contributed by atoms with Crippen LogP contribution in [-0.2, 0) is 9.53 Å². The molecule has 8 heteroatoms. The van der Waals surface area contributed by atoms with Crippen molar-refractivity contribution in [2.45, 2.75) is 32.4 Å². The monoisotopic (exact) mass is 246 g/mol. The number of nitrogens with one attached hydrogen (secondary N) is 2. The van der Waals surface area contributed by atoms with Crippen LogP contribution in [-0.4, -0.2) is 36.2 Å². The summed E-state index contributed by atoms with van der Waals surface area (Å²) >= 11 is 0. The van der Waals surface area contributed by atoms with Crippen LogP contribution in [0.2, 0.25) is 0 Å². The van der Waals surface area contributed by atoms with Crippen molar-refractivity contribution in [2.75, 3.05) is 6.54 Å². The zero-order chi connectivity index (χ0) is 13.6. The maximum Gasteiger partial charge on any atom is 0.408 e. The second-order valence-electron chi connectivity index (χ2n) is 4.35. The van der Waals surface area contributed by atoms with Crippen LogP contribution < -0.4 is 22.1 Å². The van der Waals surface area contributed by atoms with E-state index in [2.05, 4.69) is 10.6 Å². The minimum absolute atomic E-state index is 0.191. The highest BCUT2D eigenvalue weighted by Crippen LogP contribution is 2.06. The summed E-state index contributed by atoms with van der Waals surface area (Å²) in [6.45, 7) is 4.83. The van der Waals surface area contributed by atoms with Crippen molar-refractivity contribution in [1.29, 1.82) is 0 Å². The quantitative estimate of drug-likeness (QED) is 0.507. The molecule has 0 aromatic rings. The maximum absolute atomic E-state index is 11.3. The van der Waals surface area contributed by atoms with E-state index in [9.17, 15) is 14.4 Å². The van der Waals surface area contributed by atoms with Gasteiger partial charge in [-0.25, -0.2) is 9.59 Å². The van der Waals surface area contributed by atoms with Crippen LogP contribution in [0.3, 0.4) is 0 Å². The fraction of sp³-hybridized carbons (Fsp3) is 0.667. The molecule has 17 heavy (non-hydrogen) atoms. The number of ether oxygens (including phenoxy) is 1. The minimum Gasteiger partial charge on any atom is -0.444 e. The Labute approximate surface area is 99.0 Å². The van der Waals surface area contributed by atoms with Gasteiger partial charge in [0.2, 0.25) is 5.91 Å². The molecule has 0 aliphatic rings. The minimum atomic E-state index is -1.07. The lowest BCUT2D eigenvalue weighted by atomic mass is 10.2. The van der Waals surface area contributed by atoms with Crippen LogP contribution in [0.5, 0.6) is 0 Å². The van der Waals surface area contributed by atoms with E-state index in [0.29, 0.717) is 0 Å². The van der Waals surface area contributed by atoms with Gasteiger partial charge in [0.05, 0.1) is 0 Å². The first-order valence-corrected chi connectivity index (χ1v) is 4.94. The van der Waals surface area contributed by atoms with E-state index in [1.807, 2.05) is 0 Å². The number of primary amides is 2. The Kier molecular flexibility index (Phi) is 5.23. The maximum atomic E-state index is 11.3. The van der Waals surface area contributed by atoms with Crippen LogP contribution >= 0.6 is 0 Å². The van der Waals surface area contributed by atoms with Crippen molar-refractivity contribution in [1.82, 2.24) is 10.6 Å². The highest BCUT2D eigenvalue weighted by atomic mass is 16.6. The molecule has 0 saturated carbocycles. The number of urea groups is 1. The van der Waals surface area contributed by atoms with Crippen molar-refractivity contribution in [3.8, 4) is 0 Å². The summed E-state index contributed by atoms with van der Waals surface area (Å²) in [6.07, 6.45) is -0.799. The zero-order valence-corrected chi connectivity index (χ0v) is 10.1. The average molecular weight is 246 g/mol. The normalized spacial score (nSPS) is 12.4. The van der Waals surface area contributed by atoms with Crippen LogP contribution in [0.4, 0.5) is 9.59 Å². The predicted molar refractivity (Wildman–Crippen MR) is 59.9 cm³/mol. The zero-order valence-electron chi connectivity index (χ0n) is 10.1. The summed E-state index contributed by atoms with van der Waals surface area (Å²) in [7, 11) is 0. The molecule has 0 aliphatic carbocycles. The van der Waals surface area contributed by atoms with Gasteiger partial charge in [-0.1, -0.05) is 0 Å². The molecule has 0 saturated heterocycles. The molecule has 1 atom stereocenters. The highest BCUT2D eigenvalue weighted by molar-refractivity contribution is 5.85. The van der Waals surface area contributed by atoms with Gasteiger partial charge in [0, 0.05) is 6.54 Å². The number of alkyl carbamates (subject to hydrolysis) is 1. The second-order valence-corrected chi connectivity index (χ2v) is 4.35. The Hall–Kier alpha value is -1.99. The summed E-state index contributed by atoms with van der Waals surface area (Å²) in [5.41, 5.74) is 9.17. The van der Waals surface area contributed by atoms with Gasteiger partial charge >= 0.3 is 12.1 Å². The summed E-state index contributed by atoms with van der Waals surface area (Å²) in [6, 6.07) is -1.89. The molecule has 6 N–H and O–H groups in total. The molecular formula is C9H18N4O4. The lowest BCUT2D eigenvalue weighted by Crippen LogP contribution is -2.52. The van der Waals surface area contributed by atoms with Crippen molar-refractivity contribution in [2.24, 2.45) is 11.5 Å². The van der Waals surface area contributed by atoms with E-state index < -0.39 is 29.7 Å². The van der Waals surface area contributed by atoms with Crippen molar-refractivity contribution < 1.29 is 19.1 Å². The summed E-state index contributed by atoms with van der Waals surface area (Å²) in [5, 5.41) is 4.39. The molecule has 0 unspecified atom stereocenters. The molecule has 0 aliphatic heterocycles. The van der Waals surface area contributed by atoms with Crippen molar-refractivity contribution >= 4 is 18.0 Å². The lowest BCUT2D eigenvalue weighted by Gasteiger charge is -2.22. The van der Waals surface area contributed by atoms with E-state index >= 15 is 0 Å². The van der Waals surface area contributed by atoms with Crippen molar-refractivity contribution in [3.63, 3.8) is 0 Å². The van der Waals surface area contributed by atoms with E-state index in [0.717, 1.165) is 0 Å². The van der Waals surface area contributed by atoms with E-state index in [-0.39, 0.29) is 6.54 Å². The Bertz CT molecular complexity index is 311. The molecule has 0 aromatic heterocycles. The smallest absolute Gasteiger partial charge is 0.408 e. The molecular weight excluding hydrogens is 228 g/mol. The number of hydrogen-bond acceptors (Lipinski definition) is 4. The van der Waals surface area contributed by atoms with E-state index in [1.54, 1.807) is 20.8 Å². The number of hydrogen-bond donors (Lipinski definition) is 4. The number of rotatable bonds is 4. The number of amides is 4. The first kappa shape index (κ1) is 15.0. The van der Waals surface area contributed by atoms with Gasteiger partial charge in [0.25, 0.3) is 0 Å². The Morgan fingerprint density at radius 2 is 1.76 bits per heavy atom. The van der Waals surface area contributed by atoms with Crippen LogP contribution in [0.15, 0.2) is 0 Å². The molecule has 0 rings (SSSR count). The SMILES string of the molecule is CC(C)(C)OC(=O)N[C@H](CNC(N)=O)C(N)=O. The lowest BCUT2D eigenvalue weighted by molar-refractivity contribution is -0.119. The van der Waals surface area contributed by atoms with Crippen molar-refractivity contribution in [3.05, 3.63) is 0 Å². The average Bonchev–Trinajstić information content (AvgIpc) is 2.08. The standard InChI is InChI=1S/C9H18N4O4/c1-9(2,3)17-8(16)13-5(6(10)14)4-12-7(11)15/h5H,4H2,1-3H3,(H2,10,14)(H,13,16)(H3,11,12,15)/t5-/m1/s1. The fourth-order valence-electron chi connectivity index (χ4n) is 0.875. The first-order chi connectivity index (χ1) is 7.61. The molecule has 0 bridgehead atoms. The third kappa shape index (κ3) is 7.88. The molecule has 0 heterocycles. The van der Waals surface area contributed by atoms with Crippen LogP contribution in [0.1, 0.15) is 20.8 Å². The Balaban J connectivity index is 4.30. The topological polar surface area (TPSA) is 137 Å². The number of carbonyl (C=O) groups is 3. The van der Waals surface area contributed by atoms with E-state index in [1.165, 1.54) is 0 Å². The van der Waals surface area contributed by atoms with Gasteiger partial charge in [-0.2, -0.15) is 0 Å². The third-order valence-electron chi connectivity index (χ3n) is 1.51. The second kappa shape index (κ2) is 5.92. The Morgan fingerprint density at radius 1 is 1.24 bits per heavy atom. The summed E-state index contributed by atoms with van der Waals surface area (Å²) in [4.78, 5) is 32.8. The third-order valence-corrected chi connectivity index (χ3v) is 1.51. The molecule has 4 amide bonds. The molecule has 98 valence electrons. The number of nitrogens with two attached hydrogens (primary N) is 2. The molecule has 0 spiro atoms. The molecule has 0 aromatic carbocycles. The van der Waals surface area contributed by atoms with Gasteiger partial charge in [0.15, 0.2) is 0 Å². The van der Waals surface area contributed by atoms with Gasteiger partial charge in [0.1, 0.15) is 11.6 Å². The molecule has 8 nitrogen and oxygen atoms in total. The van der Waals surface area contributed by atoms with Gasteiger partial charge in [-0.05, 0) is 20.8 Å². The fourth-order valence-corrected chi connectivity index (χ4v) is 0.875. The highest BCUT2D eigenvalue weighted by Gasteiger charge is 2.22. The van der Waals surface area contributed by atoms with Gasteiger partial charge in [-0.15, -0.1) is 0 Å². The molecule has 0 radical (unpaired) electrons. The largest absolute Gasteiger partial charge is 0.444 e. The summed E-state index contributed by atoms with van der Waals surface area (Å²) in [5.74, 6) is -0.801. The van der Waals surface area contributed by atoms with Crippen LogP contribution in [0, 0.1) is 0 Å². The predicted octanol–water partition coefficient (Wildman–Crippen LogP) is -0.967. The van der Waals surface area contributed by atoms with Gasteiger partial charge < -0.3 is 26.8 Å².